The fourth-order valence-corrected chi connectivity index (χ4v) is 1.09. The standard InChI is InChI=1S/C11H7F3N2O/c12-8(11(13)14)5-10(17)16-9-4-2-1-3-7(9)6-15/h1-4H,5H2,(H,16,17). The summed E-state index contributed by atoms with van der Waals surface area (Å²) < 4.78 is 36.0. The Morgan fingerprint density at radius 1 is 1.29 bits per heavy atom. The number of amides is 1. The molecule has 88 valence electrons. The van der Waals surface area contributed by atoms with Gasteiger partial charge in [-0.1, -0.05) is 12.1 Å². The monoisotopic (exact) mass is 240 g/mol. The van der Waals surface area contributed by atoms with Gasteiger partial charge in [-0.3, -0.25) is 4.79 Å². The van der Waals surface area contributed by atoms with Crippen molar-refractivity contribution in [3.05, 3.63) is 41.7 Å². The zero-order valence-corrected chi connectivity index (χ0v) is 8.51. The van der Waals surface area contributed by atoms with E-state index < -0.39 is 24.2 Å². The third-order valence-electron chi connectivity index (χ3n) is 1.84. The van der Waals surface area contributed by atoms with Gasteiger partial charge in [0.2, 0.25) is 5.91 Å². The highest BCUT2D eigenvalue weighted by Crippen LogP contribution is 2.17. The van der Waals surface area contributed by atoms with Crippen LogP contribution >= 0.6 is 0 Å². The lowest BCUT2D eigenvalue weighted by Gasteiger charge is -2.05. The van der Waals surface area contributed by atoms with Crippen LogP contribution in [0.3, 0.4) is 0 Å². The Morgan fingerprint density at radius 3 is 2.53 bits per heavy atom. The largest absolute Gasteiger partial charge is 0.325 e. The highest BCUT2D eigenvalue weighted by Gasteiger charge is 2.12. The average molecular weight is 240 g/mol. The van der Waals surface area contributed by atoms with Crippen LogP contribution in [-0.2, 0) is 4.79 Å². The van der Waals surface area contributed by atoms with Gasteiger partial charge in [0.05, 0.1) is 17.7 Å². The van der Waals surface area contributed by atoms with Crippen molar-refractivity contribution < 1.29 is 18.0 Å². The summed E-state index contributed by atoms with van der Waals surface area (Å²) in [6.07, 6.45) is -3.57. The number of hydrogen-bond donors (Lipinski definition) is 1. The van der Waals surface area contributed by atoms with Gasteiger partial charge in [-0.2, -0.15) is 14.0 Å². The predicted octanol–water partition coefficient (Wildman–Crippen LogP) is 2.96. The molecule has 1 amide bonds. The fraction of sp³-hybridized carbons (Fsp3) is 0.0909. The molecule has 1 rings (SSSR count). The Bertz CT molecular complexity index is 502. The molecule has 0 unspecified atom stereocenters. The van der Waals surface area contributed by atoms with Crippen molar-refractivity contribution in [3.8, 4) is 6.07 Å². The number of nitriles is 1. The molecule has 3 nitrogen and oxygen atoms in total. The van der Waals surface area contributed by atoms with Gasteiger partial charge in [-0.25, -0.2) is 4.39 Å². The van der Waals surface area contributed by atoms with Crippen molar-refractivity contribution in [3.63, 3.8) is 0 Å². The molecule has 0 aliphatic carbocycles. The maximum Gasteiger partial charge on any atom is 0.302 e. The van der Waals surface area contributed by atoms with Crippen LogP contribution in [0.4, 0.5) is 18.9 Å². The van der Waals surface area contributed by atoms with Gasteiger partial charge >= 0.3 is 6.08 Å². The van der Waals surface area contributed by atoms with Crippen LogP contribution in [0.2, 0.25) is 0 Å². The lowest BCUT2D eigenvalue weighted by molar-refractivity contribution is -0.115. The number of carbonyl (C=O) groups excluding carboxylic acids is 1. The van der Waals surface area contributed by atoms with Crippen molar-refractivity contribution in [2.75, 3.05) is 5.32 Å². The molecule has 1 N–H and O–H groups in total. The second kappa shape index (κ2) is 5.70. The van der Waals surface area contributed by atoms with E-state index in [1.807, 2.05) is 6.07 Å². The van der Waals surface area contributed by atoms with Gasteiger partial charge in [0.1, 0.15) is 6.07 Å². The third kappa shape index (κ3) is 3.65. The molecule has 0 saturated carbocycles. The second-order valence-corrected chi connectivity index (χ2v) is 3.05. The molecular formula is C11H7F3N2O. The summed E-state index contributed by atoms with van der Waals surface area (Å²) in [5, 5.41) is 10.9. The molecule has 0 spiro atoms. The first kappa shape index (κ1) is 12.8. The predicted molar refractivity (Wildman–Crippen MR) is 54.8 cm³/mol. The molecule has 1 aromatic rings. The van der Waals surface area contributed by atoms with E-state index in [0.29, 0.717) is 0 Å². The molecule has 0 radical (unpaired) electrons. The molecule has 0 fully saturated rings. The first-order valence-corrected chi connectivity index (χ1v) is 4.53. The van der Waals surface area contributed by atoms with Crippen molar-refractivity contribution in [1.29, 1.82) is 5.26 Å². The number of para-hydroxylation sites is 1. The summed E-state index contributed by atoms with van der Waals surface area (Å²) in [6.45, 7) is 0. The van der Waals surface area contributed by atoms with E-state index in [9.17, 15) is 18.0 Å². The van der Waals surface area contributed by atoms with Crippen LogP contribution in [0, 0.1) is 11.3 Å². The smallest absolute Gasteiger partial charge is 0.302 e. The van der Waals surface area contributed by atoms with Gasteiger partial charge < -0.3 is 5.32 Å². The number of nitrogens with zero attached hydrogens (tertiary/aromatic N) is 1. The second-order valence-electron chi connectivity index (χ2n) is 3.05. The minimum atomic E-state index is -2.52. The van der Waals surface area contributed by atoms with E-state index in [0.717, 1.165) is 0 Å². The summed E-state index contributed by atoms with van der Waals surface area (Å²) in [7, 11) is 0. The van der Waals surface area contributed by atoms with Crippen LogP contribution in [0.5, 0.6) is 0 Å². The Morgan fingerprint density at radius 2 is 1.94 bits per heavy atom. The molecule has 17 heavy (non-hydrogen) atoms. The van der Waals surface area contributed by atoms with Crippen molar-refractivity contribution in [1.82, 2.24) is 0 Å². The Balaban J connectivity index is 2.76. The van der Waals surface area contributed by atoms with Crippen LogP contribution in [0.1, 0.15) is 12.0 Å². The molecule has 0 saturated heterocycles. The van der Waals surface area contributed by atoms with Crippen molar-refractivity contribution in [2.24, 2.45) is 0 Å². The highest BCUT2D eigenvalue weighted by atomic mass is 19.3. The Kier molecular flexibility index (Phi) is 4.29. The molecule has 1 aromatic carbocycles. The van der Waals surface area contributed by atoms with Gasteiger partial charge in [0.25, 0.3) is 0 Å². The third-order valence-corrected chi connectivity index (χ3v) is 1.84. The lowest BCUT2D eigenvalue weighted by Crippen LogP contribution is -2.12. The van der Waals surface area contributed by atoms with E-state index >= 15 is 0 Å². The SMILES string of the molecule is N#Cc1ccccc1NC(=O)CC(F)=C(F)F. The topological polar surface area (TPSA) is 52.9 Å². The van der Waals surface area contributed by atoms with E-state index in [1.165, 1.54) is 12.1 Å². The van der Waals surface area contributed by atoms with Crippen LogP contribution in [0.25, 0.3) is 0 Å². The minimum Gasteiger partial charge on any atom is -0.325 e. The Hall–Kier alpha value is -2.29. The first-order valence-electron chi connectivity index (χ1n) is 4.53. The molecule has 0 atom stereocenters. The molecule has 6 heteroatoms. The summed E-state index contributed by atoms with van der Waals surface area (Å²) in [4.78, 5) is 11.2. The molecule has 0 aromatic heterocycles. The molecule has 0 aliphatic heterocycles. The van der Waals surface area contributed by atoms with Crippen LogP contribution in [0.15, 0.2) is 36.2 Å². The summed E-state index contributed by atoms with van der Waals surface area (Å²) >= 11 is 0. The van der Waals surface area contributed by atoms with Crippen molar-refractivity contribution in [2.45, 2.75) is 6.42 Å². The molecular weight excluding hydrogens is 233 g/mol. The number of anilines is 1. The summed E-state index contributed by atoms with van der Waals surface area (Å²) in [5.41, 5.74) is 0.332. The molecule has 0 heterocycles. The van der Waals surface area contributed by atoms with Gasteiger partial charge in [0, 0.05) is 0 Å². The quantitative estimate of drug-likeness (QED) is 0.882. The number of nitrogens with one attached hydrogen (secondary N) is 1. The minimum absolute atomic E-state index is 0.159. The summed E-state index contributed by atoms with van der Waals surface area (Å²) in [6, 6.07) is 7.80. The number of rotatable bonds is 3. The summed E-state index contributed by atoms with van der Waals surface area (Å²) in [5.74, 6) is -2.73. The number of hydrogen-bond acceptors (Lipinski definition) is 2. The van der Waals surface area contributed by atoms with Crippen molar-refractivity contribution >= 4 is 11.6 Å². The fourth-order valence-electron chi connectivity index (χ4n) is 1.09. The van der Waals surface area contributed by atoms with E-state index in [2.05, 4.69) is 5.32 Å². The lowest BCUT2D eigenvalue weighted by atomic mass is 10.2. The van der Waals surface area contributed by atoms with Gasteiger partial charge in [0.15, 0.2) is 5.83 Å². The maximum absolute atomic E-state index is 12.5. The van der Waals surface area contributed by atoms with Gasteiger partial charge in [-0.15, -0.1) is 0 Å². The first-order chi connectivity index (χ1) is 8.04. The molecule has 0 aliphatic rings. The van der Waals surface area contributed by atoms with Crippen LogP contribution in [-0.4, -0.2) is 5.91 Å². The number of halogens is 3. The van der Waals surface area contributed by atoms with E-state index in [4.69, 9.17) is 5.26 Å². The average Bonchev–Trinajstić information content (AvgIpc) is 2.29. The Labute approximate surface area is 95.2 Å². The molecule has 0 bridgehead atoms. The zero-order chi connectivity index (χ0) is 12.8. The van der Waals surface area contributed by atoms with Gasteiger partial charge in [-0.05, 0) is 12.1 Å². The zero-order valence-electron chi connectivity index (χ0n) is 8.51. The number of benzene rings is 1. The van der Waals surface area contributed by atoms with Crippen LogP contribution < -0.4 is 5.32 Å². The maximum atomic E-state index is 12.5. The normalized spacial score (nSPS) is 9.29. The van der Waals surface area contributed by atoms with E-state index in [1.54, 1.807) is 12.1 Å². The highest BCUT2D eigenvalue weighted by molar-refractivity contribution is 5.93. The number of carbonyl (C=O) groups is 1. The van der Waals surface area contributed by atoms with E-state index in [-0.39, 0.29) is 11.3 Å².